The molecule has 0 unspecified atom stereocenters. The second-order valence-corrected chi connectivity index (χ2v) is 37.8. The smallest absolute Gasteiger partial charge is 0.475 e. The predicted molar refractivity (Wildman–Crippen MR) is 489 cm³/mol. The fourth-order valence-corrected chi connectivity index (χ4v) is 17.1. The summed E-state index contributed by atoms with van der Waals surface area (Å²) < 4.78 is 182. The van der Waals surface area contributed by atoms with E-state index in [9.17, 15) is 66.3 Å². The summed E-state index contributed by atoms with van der Waals surface area (Å²) >= 11 is 1.95. The minimum atomic E-state index is -5.08. The number of carboxylic acids is 1. The van der Waals surface area contributed by atoms with E-state index >= 15 is 0 Å². The van der Waals surface area contributed by atoms with Gasteiger partial charge in [-0.3, -0.25) is 20.2 Å². The Kier molecular flexibility index (Phi) is 37.0. The number of hydrogen-bond acceptors (Lipinski definition) is 17. The van der Waals surface area contributed by atoms with Gasteiger partial charge in [0.2, 0.25) is 0 Å². The number of nitrogens with two attached hydrogens (primary N) is 1. The number of hydrazone groups is 1. The maximum absolute atomic E-state index is 13.9. The Hall–Kier alpha value is -9.79. The number of hydrazine groups is 1. The third-order valence-corrected chi connectivity index (χ3v) is 26.9. The fourth-order valence-electron chi connectivity index (χ4n) is 15.3. The molecule has 3 saturated heterocycles. The SMILES string of the molecule is CC1(C)OB(C2=CCC3(CC2)OCCO3)OC1(C)C.Cc1ccc(S(=O)(=O)NN)cc1.Cc1ccc(S(=O)(=O)NN=C2CCC(c3ccccc3F)CC2)cc1.Fc1ccccc1C1=CCC2(CC1)OCCO2.Fc1ccccc1I.O=C(O)C(F)(F)F.O=C1CC=C(c2ccccc2F)CC1.O=C1CCC(c2ccccc2F)CC1.O=Cc1c(C2CC2)ccn2cncc12. The Morgan fingerprint density at radius 1 is 0.546 bits per heavy atom. The van der Waals surface area contributed by atoms with E-state index in [1.165, 1.54) is 66.3 Å². The van der Waals surface area contributed by atoms with Crippen molar-refractivity contribution in [2.45, 2.75) is 220 Å². The Labute approximate surface area is 767 Å². The molecule has 6 aliphatic carbocycles. The summed E-state index contributed by atoms with van der Waals surface area (Å²) in [5.74, 6) is 2.06. The van der Waals surface area contributed by atoms with E-state index in [4.69, 9.17) is 44.0 Å². The Morgan fingerprint density at radius 3 is 1.39 bits per heavy atom. The largest absolute Gasteiger partial charge is 0.490 e. The van der Waals surface area contributed by atoms with E-state index in [1.807, 2.05) is 114 Å². The number of ether oxygens (including phenoxy) is 4. The van der Waals surface area contributed by atoms with Gasteiger partial charge in [0.05, 0.1) is 65.5 Å². The molecule has 7 aromatic carbocycles. The molecule has 33 heteroatoms. The number of sulfonamides is 2. The van der Waals surface area contributed by atoms with Crippen LogP contribution in [0.3, 0.4) is 0 Å². The van der Waals surface area contributed by atoms with Gasteiger partial charge in [-0.25, -0.2) is 45.0 Å². The fraction of sp³-hybridized carbons (Fsp3) is 0.381. The summed E-state index contributed by atoms with van der Waals surface area (Å²) in [5.41, 5.74) is 11.3. The molecule has 130 heavy (non-hydrogen) atoms. The van der Waals surface area contributed by atoms with Crippen molar-refractivity contribution >= 4 is 96.0 Å². The molecule has 3 aliphatic heterocycles. The van der Waals surface area contributed by atoms with Crippen molar-refractivity contribution in [3.05, 3.63) is 296 Å². The van der Waals surface area contributed by atoms with E-state index in [-0.39, 0.29) is 80.6 Å². The van der Waals surface area contributed by atoms with Gasteiger partial charge in [0.1, 0.15) is 40.7 Å². The first-order valence-corrected chi connectivity index (χ1v) is 46.9. The number of aromatic nitrogens is 2. The van der Waals surface area contributed by atoms with Crippen molar-refractivity contribution in [2.75, 3.05) is 26.4 Å². The number of nitrogens with one attached hydrogen (secondary N) is 2. The number of nitrogens with zero attached hydrogens (tertiary/aromatic N) is 3. The Bertz CT molecular complexity index is 5670. The number of ketones is 2. The molecule has 5 heterocycles. The van der Waals surface area contributed by atoms with Crippen LogP contribution in [0.25, 0.3) is 16.7 Å². The lowest BCUT2D eigenvalue weighted by molar-refractivity contribution is -0.192. The van der Waals surface area contributed by atoms with Crippen molar-refractivity contribution in [1.29, 1.82) is 0 Å². The molecule has 21 nitrogen and oxygen atoms in total. The third kappa shape index (κ3) is 29.4. The zero-order chi connectivity index (χ0) is 94.0. The molecule has 9 aromatic rings. The van der Waals surface area contributed by atoms with E-state index in [1.54, 1.807) is 96.2 Å². The van der Waals surface area contributed by atoms with E-state index < -0.39 is 38.0 Å². The number of benzene rings is 7. The van der Waals surface area contributed by atoms with Gasteiger partial charge in [0.15, 0.2) is 17.9 Å². The number of halogens is 9. The molecule has 3 saturated carbocycles. The number of fused-ring (bicyclic) bond motifs is 1. The number of imidazole rings is 1. The summed E-state index contributed by atoms with van der Waals surface area (Å²) in [6.45, 7) is 14.9. The highest BCUT2D eigenvalue weighted by atomic mass is 127. The molecule has 18 rings (SSSR count). The molecule has 9 aliphatic rings. The molecule has 0 radical (unpaired) electrons. The van der Waals surface area contributed by atoms with Crippen molar-refractivity contribution in [2.24, 2.45) is 10.9 Å². The quantitative estimate of drug-likeness (QED) is 0.0221. The third-order valence-electron chi connectivity index (χ3n) is 23.6. The second-order valence-electron chi connectivity index (χ2n) is 33.3. The number of carboxylic acid groups (broad SMARTS) is 1. The molecule has 2 spiro atoms. The number of Topliss-reactive ketones (excluding diaryl/α,β-unsaturated/α-hetero) is 2. The van der Waals surface area contributed by atoms with Gasteiger partial charge in [0, 0.05) is 83.5 Å². The molecule has 0 bridgehead atoms. The predicted octanol–water partition coefficient (Wildman–Crippen LogP) is 21.0. The molecular formula is C97H108BF8IN6O15S2. The van der Waals surface area contributed by atoms with Crippen LogP contribution in [-0.2, 0) is 62.7 Å². The Morgan fingerprint density at radius 2 is 0.985 bits per heavy atom. The first-order valence-electron chi connectivity index (χ1n) is 42.9. The average molecular weight is 1950 g/mol. The zero-order valence-corrected chi connectivity index (χ0v) is 76.9. The van der Waals surface area contributed by atoms with Gasteiger partial charge in [-0.2, -0.15) is 31.5 Å². The van der Waals surface area contributed by atoms with Gasteiger partial charge in [-0.05, 0) is 253 Å². The summed E-state index contributed by atoms with van der Waals surface area (Å²) in [6.07, 6.45) is 22.1. The monoisotopic (exact) mass is 1950 g/mol. The van der Waals surface area contributed by atoms with Crippen LogP contribution in [0.15, 0.2) is 233 Å². The molecule has 2 aromatic heterocycles. The van der Waals surface area contributed by atoms with Gasteiger partial charge in [-0.1, -0.05) is 139 Å². The lowest BCUT2D eigenvalue weighted by Gasteiger charge is -2.32. The summed E-state index contributed by atoms with van der Waals surface area (Å²) in [6, 6.07) is 49.1. The molecular weight excluding hydrogens is 1840 g/mol. The first-order chi connectivity index (χ1) is 61.8. The number of hydrogen-bond donors (Lipinski definition) is 4. The number of aliphatic carboxylic acids is 1. The normalized spacial score (nSPS) is 18.8. The second kappa shape index (κ2) is 47.0. The van der Waals surface area contributed by atoms with Crippen molar-refractivity contribution in [3.63, 3.8) is 0 Å². The van der Waals surface area contributed by atoms with Gasteiger partial charge >= 0.3 is 19.3 Å². The Balaban J connectivity index is 0.000000155. The van der Waals surface area contributed by atoms with E-state index in [2.05, 4.69) is 48.7 Å². The standard InChI is InChI=1S/C19H21FN2O2S.C14H23BO4.C14H15FO2.C12H13FO.C12H11FO.C11H10N2O.C7H10N2O2S.C6H4FI.C2HF3O2/c1-14-6-12-17(13-7-14)25(23,24)22-21-16-10-8-15(9-11-16)18-4-2-3-5-19(18)20;1-12(2)13(3,4)19-15(18-12)11-5-7-14(8-6-11)16-9-10-17-14;15-13-4-2-1-3-12(13)11-5-7-14(8-6-11)16-9-10-17-14;2*13-12-4-2-1-3-11(12)9-5-7-10(14)8-6-9;14-6-10-9(8-1-2-8)3-4-13-7-12-5-11(10)13;1-6-2-4-7(5-3-6)12(10,11)9-8;7-5-3-1-2-4-6(5)8;3-2(4,5)1(6)7/h2-7,12-13,15,22H,8-11H2,1H3;5H,6-10H2,1-4H3;1-5H,6-10H2;1-4,9H,5-8H2;1-5H,6-8H2;3-8H,1-2H2;2-5,9H,8H2,1H3;1-4H;(H,6,7). The highest BCUT2D eigenvalue weighted by molar-refractivity contribution is 14.1. The number of alkyl halides is 3. The number of aryl methyl sites for hydroxylation is 2. The first kappa shape index (κ1) is 102. The average Bonchev–Trinajstić information content (AvgIpc) is 1.64. The minimum Gasteiger partial charge on any atom is -0.475 e. The van der Waals surface area contributed by atoms with Crippen LogP contribution in [0, 0.1) is 46.5 Å². The molecule has 0 amide bonds. The minimum absolute atomic E-state index is 0.133. The zero-order valence-electron chi connectivity index (χ0n) is 73.2. The van der Waals surface area contributed by atoms with Crippen LogP contribution in [0.4, 0.5) is 35.1 Å². The van der Waals surface area contributed by atoms with Crippen LogP contribution in [0.5, 0.6) is 0 Å². The summed E-state index contributed by atoms with van der Waals surface area (Å²) in [5, 5.41) is 11.2. The van der Waals surface area contributed by atoms with Crippen LogP contribution < -0.4 is 15.5 Å². The van der Waals surface area contributed by atoms with Gasteiger partial charge in [0.25, 0.3) is 20.0 Å². The maximum Gasteiger partial charge on any atom is 0.490 e. The molecule has 0 atom stereocenters. The number of aldehydes is 1. The van der Waals surface area contributed by atoms with E-state index in [0.717, 1.165) is 121 Å². The summed E-state index contributed by atoms with van der Waals surface area (Å²) in [7, 11) is -7.35. The van der Waals surface area contributed by atoms with Crippen molar-refractivity contribution in [3.8, 4) is 0 Å². The topological polar surface area (TPSA) is 292 Å². The summed E-state index contributed by atoms with van der Waals surface area (Å²) in [4.78, 5) is 50.4. The van der Waals surface area contributed by atoms with Gasteiger partial charge in [-0.15, -0.1) is 0 Å². The molecule has 694 valence electrons. The highest BCUT2D eigenvalue weighted by Crippen LogP contribution is 2.45. The number of pyridine rings is 1. The van der Waals surface area contributed by atoms with Crippen LogP contribution in [0.1, 0.15) is 217 Å². The van der Waals surface area contributed by atoms with Crippen molar-refractivity contribution in [1.82, 2.24) is 19.0 Å². The maximum atomic E-state index is 13.9. The van der Waals surface area contributed by atoms with Crippen molar-refractivity contribution < 1.29 is 104 Å². The van der Waals surface area contributed by atoms with Crippen LogP contribution in [0.2, 0.25) is 0 Å². The number of rotatable bonds is 12. The lowest BCUT2D eigenvalue weighted by atomic mass is 9.71. The molecule has 6 fully saturated rings. The number of carbonyl (C=O) groups is 4. The van der Waals surface area contributed by atoms with Gasteiger partial charge < -0.3 is 37.8 Å². The molecule has 5 N–H and O–H groups in total. The van der Waals surface area contributed by atoms with Crippen LogP contribution in [-0.4, -0.2) is 123 Å². The number of allylic oxidation sites excluding steroid dienone is 4. The van der Waals surface area contributed by atoms with E-state index in [0.29, 0.717) is 97.8 Å². The number of carbonyl (C=O) groups excluding carboxylic acids is 3. The highest BCUT2D eigenvalue weighted by Gasteiger charge is 2.53. The van der Waals surface area contributed by atoms with Crippen LogP contribution >= 0.6 is 22.6 Å². The lowest BCUT2D eigenvalue weighted by Crippen LogP contribution is -2.41.